The van der Waals surface area contributed by atoms with E-state index in [0.717, 1.165) is 48.2 Å². The Kier molecular flexibility index (Phi) is 8.20. The minimum Gasteiger partial charge on any atom is -0.384 e. The molecule has 3 aromatic carbocycles. The van der Waals surface area contributed by atoms with Gasteiger partial charge in [0.15, 0.2) is 6.10 Å². The van der Waals surface area contributed by atoms with Gasteiger partial charge < -0.3 is 26.0 Å². The van der Waals surface area contributed by atoms with E-state index in [1.807, 2.05) is 74.5 Å². The number of carbonyl (C=O) groups excluding carboxylic acids is 3. The normalized spacial score (nSPS) is 21.3. The number of thioether (sulfide) groups is 1. The van der Waals surface area contributed by atoms with Crippen molar-refractivity contribution in [2.24, 2.45) is 0 Å². The highest BCUT2D eigenvalue weighted by atomic mass is 32.2. The molecule has 43 heavy (non-hydrogen) atoms. The smallest absolute Gasteiger partial charge is 0.254 e. The minimum atomic E-state index is -1.55. The second-order valence-electron chi connectivity index (χ2n) is 12.1. The minimum absolute atomic E-state index is 0.112. The third-order valence-electron chi connectivity index (χ3n) is 8.89. The molecular formula is C34H38N4O4S. The standard InChI is InChI=1S/C34H38N4O4S/c1-34(2)30(32(41)36-27-16-15-22-11-6-7-12-23(22)27)38(20-43-34)33(42)29(39)28(19-21-9-4-3-5-10-21)37-31(40)25-13-8-14-26-24(25)17-18-35-26/h3-14,27-30,35,39H,15-20H2,1-2H3,(H,36,41)(H,37,40). The van der Waals surface area contributed by atoms with E-state index in [9.17, 15) is 19.5 Å². The van der Waals surface area contributed by atoms with Crippen LogP contribution < -0.4 is 16.0 Å². The summed E-state index contributed by atoms with van der Waals surface area (Å²) in [6.07, 6.45) is 1.15. The Hall–Kier alpha value is -3.82. The van der Waals surface area contributed by atoms with E-state index < -0.39 is 28.8 Å². The second-order valence-corrected chi connectivity index (χ2v) is 13.7. The molecule has 2 heterocycles. The molecule has 0 radical (unpaired) electrons. The van der Waals surface area contributed by atoms with Gasteiger partial charge in [-0.15, -0.1) is 11.8 Å². The summed E-state index contributed by atoms with van der Waals surface area (Å²) in [6, 6.07) is 21.4. The average Bonchev–Trinajstić information content (AvgIpc) is 3.73. The number of benzene rings is 3. The Morgan fingerprint density at radius 2 is 1.79 bits per heavy atom. The van der Waals surface area contributed by atoms with Crippen LogP contribution in [0.3, 0.4) is 0 Å². The topological polar surface area (TPSA) is 111 Å². The molecule has 3 aliphatic rings. The Labute approximate surface area is 256 Å². The fourth-order valence-electron chi connectivity index (χ4n) is 6.62. The molecule has 3 amide bonds. The Balaban J connectivity index is 1.23. The Bertz CT molecular complexity index is 1530. The van der Waals surface area contributed by atoms with Gasteiger partial charge in [0.2, 0.25) is 5.91 Å². The zero-order chi connectivity index (χ0) is 30.1. The number of carbonyl (C=O) groups is 3. The van der Waals surface area contributed by atoms with Crippen molar-refractivity contribution >= 4 is 35.2 Å². The third-order valence-corrected chi connectivity index (χ3v) is 10.3. The molecule has 0 aromatic heterocycles. The Morgan fingerprint density at radius 3 is 2.60 bits per heavy atom. The summed E-state index contributed by atoms with van der Waals surface area (Å²) < 4.78 is -0.562. The first-order valence-corrected chi connectivity index (χ1v) is 15.9. The number of fused-ring (bicyclic) bond motifs is 2. The molecule has 2 aliphatic heterocycles. The highest BCUT2D eigenvalue weighted by molar-refractivity contribution is 8.00. The van der Waals surface area contributed by atoms with Crippen molar-refractivity contribution in [2.45, 2.75) is 68.5 Å². The number of aliphatic hydroxyl groups excluding tert-OH is 1. The lowest BCUT2D eigenvalue weighted by molar-refractivity contribution is -0.147. The van der Waals surface area contributed by atoms with Gasteiger partial charge in [0.25, 0.3) is 11.8 Å². The fraction of sp³-hybridized carbons (Fsp3) is 0.382. The SMILES string of the molecule is CC1(C)SCN(C(=O)C(O)C(Cc2ccccc2)NC(=O)c2cccc3c2CCN3)C1C(=O)NC1CCc2ccccc21. The molecule has 3 aromatic rings. The van der Waals surface area contributed by atoms with Crippen LogP contribution in [0, 0.1) is 0 Å². The predicted octanol–water partition coefficient (Wildman–Crippen LogP) is 3.84. The number of hydrogen-bond acceptors (Lipinski definition) is 6. The monoisotopic (exact) mass is 598 g/mol. The maximum Gasteiger partial charge on any atom is 0.254 e. The van der Waals surface area contributed by atoms with Crippen LogP contribution in [-0.2, 0) is 28.9 Å². The van der Waals surface area contributed by atoms with Crippen LogP contribution in [0.15, 0.2) is 72.8 Å². The van der Waals surface area contributed by atoms with Gasteiger partial charge in [-0.1, -0.05) is 60.7 Å². The summed E-state index contributed by atoms with van der Waals surface area (Å²) in [5.41, 5.74) is 5.62. The molecule has 1 fully saturated rings. The first kappa shape index (κ1) is 29.3. The first-order valence-electron chi connectivity index (χ1n) is 14.9. The van der Waals surface area contributed by atoms with Gasteiger partial charge in [0, 0.05) is 22.5 Å². The van der Waals surface area contributed by atoms with Gasteiger partial charge in [-0.3, -0.25) is 14.4 Å². The van der Waals surface area contributed by atoms with E-state index >= 15 is 0 Å². The van der Waals surface area contributed by atoms with Crippen molar-refractivity contribution in [1.29, 1.82) is 0 Å². The number of amides is 3. The highest BCUT2D eigenvalue weighted by Crippen LogP contribution is 2.41. The maximum absolute atomic E-state index is 14.0. The van der Waals surface area contributed by atoms with E-state index in [1.165, 1.54) is 22.2 Å². The molecule has 0 saturated carbocycles. The van der Waals surface area contributed by atoms with Crippen molar-refractivity contribution in [2.75, 3.05) is 17.7 Å². The fourth-order valence-corrected chi connectivity index (χ4v) is 7.77. The summed E-state index contributed by atoms with van der Waals surface area (Å²) in [4.78, 5) is 42.9. The van der Waals surface area contributed by atoms with Crippen LogP contribution in [0.1, 0.15) is 58.9 Å². The van der Waals surface area contributed by atoms with Crippen molar-refractivity contribution < 1.29 is 19.5 Å². The third kappa shape index (κ3) is 5.88. The van der Waals surface area contributed by atoms with Gasteiger partial charge in [0.1, 0.15) is 6.04 Å². The van der Waals surface area contributed by atoms with Crippen molar-refractivity contribution in [3.63, 3.8) is 0 Å². The van der Waals surface area contributed by atoms with Crippen LogP contribution in [-0.4, -0.2) is 63.1 Å². The molecular weight excluding hydrogens is 560 g/mol. The van der Waals surface area contributed by atoms with Gasteiger partial charge in [-0.2, -0.15) is 0 Å². The quantitative estimate of drug-likeness (QED) is 0.314. The van der Waals surface area contributed by atoms with Crippen molar-refractivity contribution in [3.8, 4) is 0 Å². The molecule has 0 bridgehead atoms. The van der Waals surface area contributed by atoms with Crippen LogP contribution in [0.25, 0.3) is 0 Å². The van der Waals surface area contributed by atoms with Crippen LogP contribution in [0.5, 0.6) is 0 Å². The zero-order valence-corrected chi connectivity index (χ0v) is 25.3. The van der Waals surface area contributed by atoms with E-state index in [4.69, 9.17) is 0 Å². The lowest BCUT2D eigenvalue weighted by Crippen LogP contribution is -2.59. The molecule has 0 spiro atoms. The van der Waals surface area contributed by atoms with E-state index in [2.05, 4.69) is 22.0 Å². The van der Waals surface area contributed by atoms with Crippen molar-refractivity contribution in [3.05, 3.63) is 101 Å². The first-order chi connectivity index (χ1) is 20.7. The number of aryl methyl sites for hydroxylation is 1. The number of hydrogen-bond donors (Lipinski definition) is 4. The summed E-state index contributed by atoms with van der Waals surface area (Å²) >= 11 is 1.51. The van der Waals surface area contributed by atoms with Crippen LogP contribution >= 0.6 is 11.8 Å². The summed E-state index contributed by atoms with van der Waals surface area (Å²) in [5.74, 6) is -0.857. The number of anilines is 1. The highest BCUT2D eigenvalue weighted by Gasteiger charge is 2.50. The van der Waals surface area contributed by atoms with Crippen LogP contribution in [0.2, 0.25) is 0 Å². The molecule has 1 aliphatic carbocycles. The van der Waals surface area contributed by atoms with Crippen LogP contribution in [0.4, 0.5) is 5.69 Å². The largest absolute Gasteiger partial charge is 0.384 e. The number of nitrogens with zero attached hydrogens (tertiary/aromatic N) is 1. The molecule has 9 heteroatoms. The molecule has 4 unspecified atom stereocenters. The molecule has 4 atom stereocenters. The molecule has 4 N–H and O–H groups in total. The molecule has 6 rings (SSSR count). The van der Waals surface area contributed by atoms with Crippen molar-refractivity contribution in [1.82, 2.24) is 15.5 Å². The van der Waals surface area contributed by atoms with E-state index in [1.54, 1.807) is 6.07 Å². The summed E-state index contributed by atoms with van der Waals surface area (Å²) in [6.45, 7) is 4.67. The van der Waals surface area contributed by atoms with Gasteiger partial charge >= 0.3 is 0 Å². The van der Waals surface area contributed by atoms with E-state index in [0.29, 0.717) is 5.56 Å². The average molecular weight is 599 g/mol. The number of aliphatic hydroxyl groups is 1. The lowest BCUT2D eigenvalue weighted by Gasteiger charge is -2.34. The van der Waals surface area contributed by atoms with Gasteiger partial charge in [-0.05, 0) is 73.9 Å². The maximum atomic E-state index is 14.0. The van der Waals surface area contributed by atoms with Gasteiger partial charge in [-0.25, -0.2) is 0 Å². The summed E-state index contributed by atoms with van der Waals surface area (Å²) in [5, 5.41) is 21.1. The molecule has 224 valence electrons. The molecule has 1 saturated heterocycles. The predicted molar refractivity (Wildman–Crippen MR) is 169 cm³/mol. The molecule has 8 nitrogen and oxygen atoms in total. The summed E-state index contributed by atoms with van der Waals surface area (Å²) in [7, 11) is 0. The van der Waals surface area contributed by atoms with E-state index in [-0.39, 0.29) is 30.2 Å². The second kappa shape index (κ2) is 12.1. The number of rotatable bonds is 8. The Morgan fingerprint density at radius 1 is 1.02 bits per heavy atom. The lowest BCUT2D eigenvalue weighted by atomic mass is 9.96. The zero-order valence-electron chi connectivity index (χ0n) is 24.5. The number of nitrogens with one attached hydrogen (secondary N) is 3. The van der Waals surface area contributed by atoms with Gasteiger partial charge in [0.05, 0.1) is 18.0 Å².